The molecule has 1 fully saturated rings. The van der Waals surface area contributed by atoms with Crippen LogP contribution in [-0.2, 0) is 4.74 Å². The molecular formula is C14H22N2O2. The summed E-state index contributed by atoms with van der Waals surface area (Å²) in [7, 11) is 0. The Hall–Kier alpha value is -1.50. The van der Waals surface area contributed by atoms with Gasteiger partial charge < -0.3 is 10.5 Å². The molecule has 1 saturated carbocycles. The molecule has 4 nitrogen and oxygen atoms in total. The van der Waals surface area contributed by atoms with Crippen molar-refractivity contribution in [2.45, 2.75) is 51.6 Å². The predicted octanol–water partition coefficient (Wildman–Crippen LogP) is 3.14. The fraction of sp³-hybridized carbons (Fsp3) is 0.714. The van der Waals surface area contributed by atoms with Crippen LogP contribution in [0.1, 0.15) is 46.0 Å². The van der Waals surface area contributed by atoms with E-state index in [0.717, 1.165) is 32.1 Å². The van der Waals surface area contributed by atoms with Crippen molar-refractivity contribution in [2.24, 2.45) is 17.6 Å². The van der Waals surface area contributed by atoms with Gasteiger partial charge in [-0.25, -0.2) is 4.79 Å². The van der Waals surface area contributed by atoms with E-state index in [1.807, 2.05) is 26.0 Å². The summed E-state index contributed by atoms with van der Waals surface area (Å²) in [5.74, 6) is 1.10. The number of carbonyl (C=O) groups is 1. The standard InChI is InChI=1S/C14H22N2O2/c1-14(2,18-13(16)17)10-12-7-5-11(6-8-12)4-3-9-15/h3-4,11-12H,5-8,10H2,1-2H3,(H2,16,17). The van der Waals surface area contributed by atoms with Crippen LogP contribution in [0.2, 0.25) is 0 Å². The van der Waals surface area contributed by atoms with E-state index in [1.54, 1.807) is 6.08 Å². The highest BCUT2D eigenvalue weighted by atomic mass is 16.6. The number of hydrogen-bond acceptors (Lipinski definition) is 3. The third-order valence-electron chi connectivity index (χ3n) is 3.49. The average Bonchev–Trinajstić information content (AvgIpc) is 2.26. The van der Waals surface area contributed by atoms with Gasteiger partial charge in [0.15, 0.2) is 0 Å². The zero-order valence-corrected chi connectivity index (χ0v) is 11.2. The number of amides is 1. The normalized spacial score (nSPS) is 24.7. The number of hydrogen-bond donors (Lipinski definition) is 1. The predicted molar refractivity (Wildman–Crippen MR) is 69.6 cm³/mol. The van der Waals surface area contributed by atoms with Crippen LogP contribution in [0, 0.1) is 23.2 Å². The van der Waals surface area contributed by atoms with Crippen molar-refractivity contribution in [2.75, 3.05) is 0 Å². The summed E-state index contributed by atoms with van der Waals surface area (Å²) in [6, 6.07) is 2.03. The van der Waals surface area contributed by atoms with Gasteiger partial charge in [0.1, 0.15) is 5.60 Å². The van der Waals surface area contributed by atoms with Gasteiger partial charge in [-0.05, 0) is 57.8 Å². The topological polar surface area (TPSA) is 76.1 Å². The molecule has 0 aliphatic heterocycles. The SMILES string of the molecule is CC(C)(CC1CCC(C=CC#N)CC1)OC(N)=O. The molecule has 1 aliphatic rings. The van der Waals surface area contributed by atoms with Crippen molar-refractivity contribution < 1.29 is 9.53 Å². The smallest absolute Gasteiger partial charge is 0.405 e. The molecule has 0 aromatic heterocycles. The Morgan fingerprint density at radius 2 is 2.06 bits per heavy atom. The zero-order chi connectivity index (χ0) is 13.6. The highest BCUT2D eigenvalue weighted by Crippen LogP contribution is 2.35. The Balaban J connectivity index is 2.37. The van der Waals surface area contributed by atoms with Crippen molar-refractivity contribution in [3.8, 4) is 6.07 Å². The van der Waals surface area contributed by atoms with Crippen LogP contribution >= 0.6 is 0 Å². The van der Waals surface area contributed by atoms with E-state index < -0.39 is 11.7 Å². The lowest BCUT2D eigenvalue weighted by molar-refractivity contribution is 0.0207. The van der Waals surface area contributed by atoms with E-state index in [9.17, 15) is 4.79 Å². The summed E-state index contributed by atoms with van der Waals surface area (Å²) in [5, 5.41) is 8.49. The van der Waals surface area contributed by atoms with Crippen LogP contribution in [0.3, 0.4) is 0 Å². The molecule has 1 rings (SSSR count). The summed E-state index contributed by atoms with van der Waals surface area (Å²) in [6.45, 7) is 3.80. The first kappa shape index (κ1) is 14.6. The van der Waals surface area contributed by atoms with Gasteiger partial charge in [-0.1, -0.05) is 6.08 Å². The third kappa shape index (κ3) is 5.22. The molecule has 0 unspecified atom stereocenters. The highest BCUT2D eigenvalue weighted by Gasteiger charge is 2.29. The fourth-order valence-corrected chi connectivity index (χ4v) is 2.77. The zero-order valence-electron chi connectivity index (χ0n) is 11.2. The van der Waals surface area contributed by atoms with E-state index >= 15 is 0 Å². The lowest BCUT2D eigenvalue weighted by atomic mass is 9.77. The van der Waals surface area contributed by atoms with Gasteiger partial charge in [-0.2, -0.15) is 5.26 Å². The molecule has 18 heavy (non-hydrogen) atoms. The fourth-order valence-electron chi connectivity index (χ4n) is 2.77. The quantitative estimate of drug-likeness (QED) is 0.779. The van der Waals surface area contributed by atoms with Crippen molar-refractivity contribution >= 4 is 6.09 Å². The summed E-state index contributed by atoms with van der Waals surface area (Å²) in [6.07, 6.45) is 8.17. The van der Waals surface area contributed by atoms with Crippen LogP contribution in [0.4, 0.5) is 4.79 Å². The Labute approximate surface area is 109 Å². The van der Waals surface area contributed by atoms with E-state index in [2.05, 4.69) is 0 Å². The molecule has 4 heteroatoms. The summed E-state index contributed by atoms with van der Waals surface area (Å²) in [4.78, 5) is 10.8. The van der Waals surface area contributed by atoms with E-state index in [1.165, 1.54) is 0 Å². The molecule has 0 aromatic carbocycles. The first-order valence-electron chi connectivity index (χ1n) is 6.47. The second kappa shape index (κ2) is 6.44. The second-order valence-electron chi connectivity index (χ2n) is 5.65. The molecule has 2 N–H and O–H groups in total. The number of nitrogens with zero attached hydrogens (tertiary/aromatic N) is 1. The van der Waals surface area contributed by atoms with Gasteiger partial charge in [-0.3, -0.25) is 0 Å². The second-order valence-corrected chi connectivity index (χ2v) is 5.65. The Bertz CT molecular complexity index is 347. The minimum Gasteiger partial charge on any atom is -0.444 e. The largest absolute Gasteiger partial charge is 0.444 e. The molecule has 0 radical (unpaired) electrons. The van der Waals surface area contributed by atoms with Gasteiger partial charge in [0, 0.05) is 6.08 Å². The number of rotatable bonds is 4. The van der Waals surface area contributed by atoms with Crippen molar-refractivity contribution in [1.29, 1.82) is 5.26 Å². The lowest BCUT2D eigenvalue weighted by Gasteiger charge is -2.33. The van der Waals surface area contributed by atoms with E-state index in [4.69, 9.17) is 15.7 Å². The number of ether oxygens (including phenoxy) is 1. The molecule has 0 spiro atoms. The Kier molecular flexibility index (Phi) is 5.21. The first-order valence-corrected chi connectivity index (χ1v) is 6.47. The molecule has 0 bridgehead atoms. The van der Waals surface area contributed by atoms with E-state index in [0.29, 0.717) is 11.8 Å². The molecule has 1 aliphatic carbocycles. The molecule has 0 heterocycles. The Morgan fingerprint density at radius 3 is 2.56 bits per heavy atom. The van der Waals surface area contributed by atoms with Gasteiger partial charge in [-0.15, -0.1) is 0 Å². The van der Waals surface area contributed by atoms with Gasteiger partial charge in [0.05, 0.1) is 6.07 Å². The summed E-state index contributed by atoms with van der Waals surface area (Å²) >= 11 is 0. The van der Waals surface area contributed by atoms with Crippen molar-refractivity contribution in [3.63, 3.8) is 0 Å². The minimum absolute atomic E-state index is 0.480. The lowest BCUT2D eigenvalue weighted by Crippen LogP contribution is -2.34. The Morgan fingerprint density at radius 1 is 1.44 bits per heavy atom. The van der Waals surface area contributed by atoms with Gasteiger partial charge in [0.2, 0.25) is 0 Å². The molecular weight excluding hydrogens is 228 g/mol. The molecule has 100 valence electrons. The maximum absolute atomic E-state index is 10.8. The number of nitriles is 1. The van der Waals surface area contributed by atoms with Crippen molar-refractivity contribution in [3.05, 3.63) is 12.2 Å². The summed E-state index contributed by atoms with van der Waals surface area (Å²) in [5.41, 5.74) is 4.58. The van der Waals surface area contributed by atoms with Crippen LogP contribution in [0.25, 0.3) is 0 Å². The van der Waals surface area contributed by atoms with E-state index in [-0.39, 0.29) is 0 Å². The number of allylic oxidation sites excluding steroid dienone is 2. The van der Waals surface area contributed by atoms with Crippen molar-refractivity contribution in [1.82, 2.24) is 0 Å². The van der Waals surface area contributed by atoms with Crippen LogP contribution in [0.5, 0.6) is 0 Å². The maximum atomic E-state index is 10.8. The molecule has 0 atom stereocenters. The maximum Gasteiger partial charge on any atom is 0.405 e. The monoisotopic (exact) mass is 250 g/mol. The van der Waals surface area contributed by atoms with Crippen LogP contribution in [-0.4, -0.2) is 11.7 Å². The first-order chi connectivity index (χ1) is 8.43. The number of nitrogens with two attached hydrogens (primary N) is 1. The molecule has 0 saturated heterocycles. The van der Waals surface area contributed by atoms with Crippen LogP contribution < -0.4 is 5.73 Å². The number of primary amides is 1. The summed E-state index contributed by atoms with van der Waals surface area (Å²) < 4.78 is 5.11. The van der Waals surface area contributed by atoms with Crippen LogP contribution in [0.15, 0.2) is 12.2 Å². The number of carbonyl (C=O) groups excluding carboxylic acids is 1. The molecule has 1 amide bonds. The third-order valence-corrected chi connectivity index (χ3v) is 3.49. The van der Waals surface area contributed by atoms with Gasteiger partial charge >= 0.3 is 6.09 Å². The highest BCUT2D eigenvalue weighted by molar-refractivity contribution is 5.65. The average molecular weight is 250 g/mol. The van der Waals surface area contributed by atoms with Gasteiger partial charge in [0.25, 0.3) is 0 Å². The molecule has 0 aromatic rings. The minimum atomic E-state index is -0.703.